The van der Waals surface area contributed by atoms with Gasteiger partial charge >= 0.3 is 58.4 Å². The Kier molecular flexibility index (Phi) is 6.10. The summed E-state index contributed by atoms with van der Waals surface area (Å²) in [6.07, 6.45) is 0. The normalized spacial score (nSPS) is 10.6. The first kappa shape index (κ1) is 14.8. The van der Waals surface area contributed by atoms with Crippen LogP contribution in [0, 0.1) is 0 Å². The average Bonchev–Trinajstić information content (AvgIpc) is 2.01. The van der Waals surface area contributed by atoms with E-state index in [0.29, 0.717) is 0 Å². The number of halogens is 4. The van der Waals surface area contributed by atoms with E-state index in [-0.39, 0.29) is 62.2 Å². The van der Waals surface area contributed by atoms with Crippen molar-refractivity contribution in [1.29, 1.82) is 0 Å². The maximum Gasteiger partial charge on any atom is 1.00 e. The van der Waals surface area contributed by atoms with E-state index in [0.717, 1.165) is 12.1 Å². The third-order valence-electron chi connectivity index (χ3n) is 1.51. The Balaban J connectivity index is 0.00000169. The van der Waals surface area contributed by atoms with Crippen LogP contribution in [0.3, 0.4) is 0 Å². The monoisotopic (exact) mass is 248 g/mol. The molecule has 0 saturated carbocycles. The molecule has 0 unspecified atom stereocenters. The SMILES string of the molecule is COc1cc(Cl)cc([B-](F)(F)F)c1.[K+]. The Morgan fingerprint density at radius 2 is 1.79 bits per heavy atom. The number of ether oxygens (including phenoxy) is 1. The summed E-state index contributed by atoms with van der Waals surface area (Å²) in [6, 6.07) is 3.13. The summed E-state index contributed by atoms with van der Waals surface area (Å²) in [7, 11) is 1.29. The molecule has 0 amide bonds. The van der Waals surface area contributed by atoms with E-state index in [4.69, 9.17) is 11.6 Å². The van der Waals surface area contributed by atoms with Gasteiger partial charge in [-0.05, 0) is 12.1 Å². The van der Waals surface area contributed by atoms with Gasteiger partial charge in [0, 0.05) is 5.02 Å². The smallest absolute Gasteiger partial charge is 0.497 e. The third kappa shape index (κ3) is 4.12. The van der Waals surface area contributed by atoms with Crippen molar-refractivity contribution in [2.24, 2.45) is 0 Å². The summed E-state index contributed by atoms with van der Waals surface area (Å²) in [6.45, 7) is -5.01. The second kappa shape index (κ2) is 5.77. The topological polar surface area (TPSA) is 9.23 Å². The van der Waals surface area contributed by atoms with E-state index >= 15 is 0 Å². The van der Waals surface area contributed by atoms with Gasteiger partial charge in [-0.2, -0.15) is 0 Å². The molecule has 0 spiro atoms. The number of methoxy groups -OCH3 is 1. The molecule has 0 bridgehead atoms. The zero-order chi connectivity index (χ0) is 10.1. The van der Waals surface area contributed by atoms with Gasteiger partial charge in [0.1, 0.15) is 5.75 Å². The maximum absolute atomic E-state index is 12.2. The Morgan fingerprint density at radius 1 is 1.21 bits per heavy atom. The van der Waals surface area contributed by atoms with Gasteiger partial charge in [-0.15, -0.1) is 5.46 Å². The van der Waals surface area contributed by atoms with Crippen LogP contribution < -0.4 is 61.6 Å². The first-order chi connectivity index (χ1) is 5.93. The van der Waals surface area contributed by atoms with Crippen molar-refractivity contribution in [1.82, 2.24) is 0 Å². The van der Waals surface area contributed by atoms with Crippen LogP contribution in [0.4, 0.5) is 12.9 Å². The van der Waals surface area contributed by atoms with Crippen molar-refractivity contribution < 1.29 is 69.1 Å². The summed E-state index contributed by atoms with van der Waals surface area (Å²) in [5.74, 6) is 0.113. The number of hydrogen-bond donors (Lipinski definition) is 0. The molecule has 1 rings (SSSR count). The number of hydrogen-bond acceptors (Lipinski definition) is 1. The predicted octanol–water partition coefficient (Wildman–Crippen LogP) is -0.593. The molecular weight excluding hydrogens is 242 g/mol. The fraction of sp³-hybridized carbons (Fsp3) is 0.143. The summed E-state index contributed by atoms with van der Waals surface area (Å²) in [4.78, 5) is 0. The minimum absolute atomic E-state index is 0. The molecule has 72 valence electrons. The molecule has 14 heavy (non-hydrogen) atoms. The molecule has 1 aromatic rings. The van der Waals surface area contributed by atoms with E-state index in [9.17, 15) is 12.9 Å². The Bertz CT molecular complexity index is 318. The van der Waals surface area contributed by atoms with E-state index in [1.165, 1.54) is 13.2 Å². The molecule has 0 aromatic heterocycles. The van der Waals surface area contributed by atoms with Crippen LogP contribution in [0.5, 0.6) is 5.75 Å². The van der Waals surface area contributed by atoms with Gasteiger partial charge in [-0.1, -0.05) is 17.7 Å². The van der Waals surface area contributed by atoms with Gasteiger partial charge in [0.05, 0.1) is 7.11 Å². The average molecular weight is 248 g/mol. The summed E-state index contributed by atoms with van der Waals surface area (Å²) < 4.78 is 41.4. The van der Waals surface area contributed by atoms with Crippen LogP contribution in [0.1, 0.15) is 0 Å². The molecular formula is C7H6BClF3KO. The fourth-order valence-corrected chi connectivity index (χ4v) is 1.12. The van der Waals surface area contributed by atoms with Crippen LogP contribution in [-0.4, -0.2) is 14.1 Å². The van der Waals surface area contributed by atoms with Crippen molar-refractivity contribution in [2.75, 3.05) is 7.11 Å². The first-order valence-corrected chi connectivity index (χ1v) is 3.85. The van der Waals surface area contributed by atoms with E-state index in [1.54, 1.807) is 0 Å². The van der Waals surface area contributed by atoms with Gasteiger partial charge in [0.2, 0.25) is 0 Å². The van der Waals surface area contributed by atoms with Gasteiger partial charge in [-0.3, -0.25) is 0 Å². The minimum atomic E-state index is -5.01. The third-order valence-corrected chi connectivity index (χ3v) is 1.73. The quantitative estimate of drug-likeness (QED) is 0.636. The minimum Gasteiger partial charge on any atom is -0.497 e. The molecule has 1 aromatic carbocycles. The molecule has 0 N–H and O–H groups in total. The molecule has 0 heterocycles. The van der Waals surface area contributed by atoms with Crippen LogP contribution in [0.25, 0.3) is 0 Å². The standard InChI is InChI=1S/C7H6BClF3O.K/c1-13-7-3-5(8(10,11)12)2-6(9)4-7;/h2-4H,1H3;/q-1;+1. The van der Waals surface area contributed by atoms with Crippen LogP contribution in [-0.2, 0) is 0 Å². The van der Waals surface area contributed by atoms with E-state index in [1.807, 2.05) is 0 Å². The summed E-state index contributed by atoms with van der Waals surface area (Å²) in [5, 5.41) is 0.0218. The van der Waals surface area contributed by atoms with Gasteiger partial charge in [0.15, 0.2) is 0 Å². The van der Waals surface area contributed by atoms with Gasteiger partial charge in [-0.25, -0.2) is 0 Å². The molecule has 1 nitrogen and oxygen atoms in total. The van der Waals surface area contributed by atoms with Crippen molar-refractivity contribution in [3.05, 3.63) is 23.2 Å². The van der Waals surface area contributed by atoms with Crippen molar-refractivity contribution in [3.63, 3.8) is 0 Å². The molecule has 0 saturated heterocycles. The predicted molar refractivity (Wildman–Crippen MR) is 46.7 cm³/mol. The Labute approximate surface area is 127 Å². The largest absolute Gasteiger partial charge is 1.00 e. The number of rotatable bonds is 2. The van der Waals surface area contributed by atoms with Gasteiger partial charge in [0.25, 0.3) is 0 Å². The molecule has 0 radical (unpaired) electrons. The molecule has 0 aliphatic rings. The van der Waals surface area contributed by atoms with Crippen LogP contribution in [0.2, 0.25) is 5.02 Å². The van der Waals surface area contributed by atoms with E-state index in [2.05, 4.69) is 4.74 Å². The van der Waals surface area contributed by atoms with Crippen molar-refractivity contribution >= 4 is 24.0 Å². The summed E-state index contributed by atoms with van der Waals surface area (Å²) >= 11 is 5.46. The fourth-order valence-electron chi connectivity index (χ4n) is 0.891. The second-order valence-corrected chi connectivity index (χ2v) is 2.94. The first-order valence-electron chi connectivity index (χ1n) is 3.48. The van der Waals surface area contributed by atoms with Crippen LogP contribution >= 0.6 is 11.6 Å². The Hall–Kier alpha value is 0.801. The van der Waals surface area contributed by atoms with E-state index < -0.39 is 12.4 Å². The molecule has 0 fully saturated rings. The molecule has 0 aliphatic carbocycles. The molecule has 0 aliphatic heterocycles. The molecule has 7 heteroatoms. The maximum atomic E-state index is 12.2. The second-order valence-electron chi connectivity index (χ2n) is 2.50. The van der Waals surface area contributed by atoms with Gasteiger partial charge < -0.3 is 17.7 Å². The van der Waals surface area contributed by atoms with Crippen molar-refractivity contribution in [2.45, 2.75) is 0 Å². The molecule has 0 atom stereocenters. The Morgan fingerprint density at radius 3 is 2.21 bits per heavy atom. The zero-order valence-corrected chi connectivity index (χ0v) is 11.6. The zero-order valence-electron chi connectivity index (χ0n) is 7.73. The van der Waals surface area contributed by atoms with Crippen molar-refractivity contribution in [3.8, 4) is 5.75 Å². The van der Waals surface area contributed by atoms with Crippen LogP contribution in [0.15, 0.2) is 18.2 Å². The summed E-state index contributed by atoms with van der Waals surface area (Å²) in [5.41, 5.74) is -0.746. The number of benzene rings is 1.